The van der Waals surface area contributed by atoms with E-state index in [2.05, 4.69) is 10.6 Å². The summed E-state index contributed by atoms with van der Waals surface area (Å²) in [5.74, 6) is 0.439. The molecule has 1 aliphatic heterocycles. The summed E-state index contributed by atoms with van der Waals surface area (Å²) in [4.78, 5) is 22.3. The molecule has 1 fully saturated rings. The number of amides is 2. The number of aromatic carboxylic acids is 1. The third kappa shape index (κ3) is 3.86. The lowest BCUT2D eigenvalue weighted by Crippen LogP contribution is -2.33. The predicted molar refractivity (Wildman–Crippen MR) is 75.8 cm³/mol. The maximum absolute atomic E-state index is 13.4. The second-order valence-corrected chi connectivity index (χ2v) is 5.71. The van der Waals surface area contributed by atoms with Crippen LogP contribution in [0, 0.1) is 11.7 Å². The maximum Gasteiger partial charge on any atom is 0.338 e. The highest BCUT2D eigenvalue weighted by Gasteiger charge is 2.16. The van der Waals surface area contributed by atoms with E-state index in [1.807, 2.05) is 11.8 Å². The fourth-order valence-corrected chi connectivity index (χ4v) is 3.21. The molecular weight excluding hydrogens is 283 g/mol. The van der Waals surface area contributed by atoms with Gasteiger partial charge in [0.25, 0.3) is 0 Å². The van der Waals surface area contributed by atoms with Crippen LogP contribution < -0.4 is 10.6 Å². The number of carbonyl (C=O) groups is 2. The zero-order valence-electron chi connectivity index (χ0n) is 10.7. The highest BCUT2D eigenvalue weighted by atomic mass is 32.2. The summed E-state index contributed by atoms with van der Waals surface area (Å²) in [5, 5.41) is 13.9. The third-order valence-electron chi connectivity index (χ3n) is 3.03. The molecule has 1 aromatic rings. The molecule has 108 valence electrons. The van der Waals surface area contributed by atoms with Gasteiger partial charge in [-0.05, 0) is 42.0 Å². The highest BCUT2D eigenvalue weighted by Crippen LogP contribution is 2.22. The number of hydrogen-bond acceptors (Lipinski definition) is 3. The number of nitrogens with one attached hydrogen (secondary N) is 2. The molecule has 2 rings (SSSR count). The van der Waals surface area contributed by atoms with Gasteiger partial charge in [0, 0.05) is 12.2 Å². The summed E-state index contributed by atoms with van der Waals surface area (Å²) < 4.78 is 13.4. The highest BCUT2D eigenvalue weighted by molar-refractivity contribution is 7.99. The van der Waals surface area contributed by atoms with Crippen molar-refractivity contribution in [3.8, 4) is 0 Å². The summed E-state index contributed by atoms with van der Waals surface area (Å²) in [6.07, 6.45) is 1.09. The molecule has 1 aromatic carbocycles. The summed E-state index contributed by atoms with van der Waals surface area (Å²) in [5.41, 5.74) is -0.190. The van der Waals surface area contributed by atoms with E-state index < -0.39 is 23.4 Å². The first-order chi connectivity index (χ1) is 9.56. The number of halogens is 1. The van der Waals surface area contributed by atoms with Crippen LogP contribution in [-0.2, 0) is 0 Å². The van der Waals surface area contributed by atoms with Gasteiger partial charge in [0.2, 0.25) is 0 Å². The molecule has 0 spiro atoms. The van der Waals surface area contributed by atoms with Crippen LogP contribution in [-0.4, -0.2) is 35.2 Å². The Morgan fingerprint density at radius 1 is 1.45 bits per heavy atom. The van der Waals surface area contributed by atoms with Gasteiger partial charge >= 0.3 is 12.0 Å². The van der Waals surface area contributed by atoms with Crippen molar-refractivity contribution in [1.82, 2.24) is 5.32 Å². The van der Waals surface area contributed by atoms with E-state index in [0.29, 0.717) is 12.5 Å². The maximum atomic E-state index is 13.4. The van der Waals surface area contributed by atoms with Crippen molar-refractivity contribution in [2.75, 3.05) is 23.4 Å². The number of carboxylic acids is 1. The number of carbonyl (C=O) groups excluding carboxylic acids is 1. The zero-order chi connectivity index (χ0) is 14.5. The number of rotatable bonds is 4. The number of hydrogen-bond donors (Lipinski definition) is 3. The molecule has 1 unspecified atom stereocenters. The molecule has 1 saturated heterocycles. The van der Waals surface area contributed by atoms with Crippen molar-refractivity contribution in [3.05, 3.63) is 29.6 Å². The van der Waals surface area contributed by atoms with Crippen molar-refractivity contribution < 1.29 is 19.1 Å². The largest absolute Gasteiger partial charge is 0.478 e. The molecule has 0 radical (unpaired) electrons. The van der Waals surface area contributed by atoms with Crippen LogP contribution in [0.2, 0.25) is 0 Å². The van der Waals surface area contributed by atoms with E-state index in [0.717, 1.165) is 30.1 Å². The van der Waals surface area contributed by atoms with E-state index in [9.17, 15) is 14.0 Å². The molecule has 0 aliphatic carbocycles. The first-order valence-electron chi connectivity index (χ1n) is 6.21. The van der Waals surface area contributed by atoms with Crippen LogP contribution in [0.15, 0.2) is 18.2 Å². The molecule has 20 heavy (non-hydrogen) atoms. The van der Waals surface area contributed by atoms with Crippen molar-refractivity contribution >= 4 is 29.4 Å². The number of thioether (sulfide) groups is 1. The van der Waals surface area contributed by atoms with E-state index in [4.69, 9.17) is 5.11 Å². The quantitative estimate of drug-likeness (QED) is 0.797. The smallest absolute Gasteiger partial charge is 0.338 e. The second kappa shape index (κ2) is 6.60. The van der Waals surface area contributed by atoms with Crippen LogP contribution in [0.4, 0.5) is 14.9 Å². The molecule has 5 nitrogen and oxygen atoms in total. The Hall–Kier alpha value is -1.76. The Morgan fingerprint density at radius 3 is 2.85 bits per heavy atom. The van der Waals surface area contributed by atoms with Gasteiger partial charge in [-0.2, -0.15) is 11.8 Å². The van der Waals surface area contributed by atoms with Crippen molar-refractivity contribution in [1.29, 1.82) is 0 Å². The van der Waals surface area contributed by atoms with Gasteiger partial charge in [-0.1, -0.05) is 0 Å². The number of benzene rings is 1. The standard InChI is InChI=1S/C13H15FN2O3S/c14-11-5-9(1-2-10(11)12(17)18)16-13(19)15-6-8-3-4-20-7-8/h1-2,5,8H,3-4,6-7H2,(H,17,18)(H2,15,16,19). The Morgan fingerprint density at radius 2 is 2.25 bits per heavy atom. The van der Waals surface area contributed by atoms with Crippen molar-refractivity contribution in [2.24, 2.45) is 5.92 Å². The lowest BCUT2D eigenvalue weighted by Gasteiger charge is -2.11. The minimum Gasteiger partial charge on any atom is -0.478 e. The topological polar surface area (TPSA) is 78.4 Å². The minimum absolute atomic E-state index is 0.228. The van der Waals surface area contributed by atoms with Gasteiger partial charge in [-0.25, -0.2) is 14.0 Å². The SMILES string of the molecule is O=C(NCC1CCSC1)Nc1ccc(C(=O)O)c(F)c1. The van der Waals surface area contributed by atoms with Crippen LogP contribution in [0.5, 0.6) is 0 Å². The van der Waals surface area contributed by atoms with E-state index in [-0.39, 0.29) is 5.69 Å². The Kier molecular flexibility index (Phi) is 4.84. The zero-order valence-corrected chi connectivity index (χ0v) is 11.5. The van der Waals surface area contributed by atoms with Crippen molar-refractivity contribution in [2.45, 2.75) is 6.42 Å². The molecule has 7 heteroatoms. The normalized spacial score (nSPS) is 17.8. The summed E-state index contributed by atoms with van der Waals surface area (Å²) in [6.45, 7) is 0.592. The monoisotopic (exact) mass is 298 g/mol. The van der Waals surface area contributed by atoms with Crippen molar-refractivity contribution in [3.63, 3.8) is 0 Å². The van der Waals surface area contributed by atoms with Gasteiger partial charge < -0.3 is 15.7 Å². The van der Waals surface area contributed by atoms with Crippen LogP contribution in [0.25, 0.3) is 0 Å². The fraction of sp³-hybridized carbons (Fsp3) is 0.385. The van der Waals surface area contributed by atoms with Crippen LogP contribution in [0.1, 0.15) is 16.8 Å². The molecule has 3 N–H and O–H groups in total. The molecule has 1 aliphatic rings. The lowest BCUT2D eigenvalue weighted by atomic mass is 10.1. The van der Waals surface area contributed by atoms with E-state index >= 15 is 0 Å². The Labute approximate surface area is 119 Å². The van der Waals surface area contributed by atoms with Crippen LogP contribution >= 0.6 is 11.8 Å². The Bertz CT molecular complexity index is 518. The van der Waals surface area contributed by atoms with Gasteiger partial charge in [0.1, 0.15) is 5.82 Å². The lowest BCUT2D eigenvalue weighted by molar-refractivity contribution is 0.0692. The Balaban J connectivity index is 1.87. The third-order valence-corrected chi connectivity index (χ3v) is 4.26. The van der Waals surface area contributed by atoms with E-state index in [1.165, 1.54) is 6.07 Å². The average Bonchev–Trinajstić information content (AvgIpc) is 2.89. The predicted octanol–water partition coefficient (Wildman–Crippen LogP) is 2.40. The van der Waals surface area contributed by atoms with Gasteiger partial charge in [-0.15, -0.1) is 0 Å². The van der Waals surface area contributed by atoms with E-state index in [1.54, 1.807) is 0 Å². The van der Waals surface area contributed by atoms with Gasteiger partial charge in [0.15, 0.2) is 0 Å². The molecule has 0 saturated carbocycles. The minimum atomic E-state index is -1.34. The van der Waals surface area contributed by atoms with Crippen LogP contribution in [0.3, 0.4) is 0 Å². The molecule has 1 heterocycles. The number of urea groups is 1. The molecular formula is C13H15FN2O3S. The first-order valence-corrected chi connectivity index (χ1v) is 7.37. The molecule has 2 amide bonds. The fourth-order valence-electron chi connectivity index (χ4n) is 1.92. The van der Waals surface area contributed by atoms with Gasteiger partial charge in [0.05, 0.1) is 5.56 Å². The summed E-state index contributed by atoms with van der Waals surface area (Å²) in [7, 11) is 0. The first kappa shape index (κ1) is 14.6. The second-order valence-electron chi connectivity index (χ2n) is 4.56. The molecule has 1 atom stereocenters. The van der Waals surface area contributed by atoms with Gasteiger partial charge in [-0.3, -0.25) is 0 Å². The average molecular weight is 298 g/mol. The number of anilines is 1. The number of carboxylic acid groups (broad SMARTS) is 1. The summed E-state index contributed by atoms with van der Waals surface area (Å²) in [6, 6.07) is 3.07. The molecule has 0 bridgehead atoms. The summed E-state index contributed by atoms with van der Waals surface area (Å²) >= 11 is 1.87. The molecule has 0 aromatic heterocycles.